The predicted molar refractivity (Wildman–Crippen MR) is 93.4 cm³/mol. The van der Waals surface area contributed by atoms with Gasteiger partial charge in [0, 0.05) is 11.1 Å². The van der Waals surface area contributed by atoms with E-state index in [0.29, 0.717) is 29.1 Å². The lowest BCUT2D eigenvalue weighted by atomic mass is 10.1. The molecule has 1 heterocycles. The first-order chi connectivity index (χ1) is 12.2. The molecule has 0 atom stereocenters. The van der Waals surface area contributed by atoms with E-state index in [2.05, 4.69) is 10.5 Å². The number of hydrogen-bond donors (Lipinski definition) is 1. The summed E-state index contributed by atoms with van der Waals surface area (Å²) in [6.07, 6.45) is 0.883. The van der Waals surface area contributed by atoms with Crippen molar-refractivity contribution in [3.63, 3.8) is 0 Å². The predicted octanol–water partition coefficient (Wildman–Crippen LogP) is 3.58. The molecular formula is C19H18N2O4. The number of esters is 1. The zero-order chi connectivity index (χ0) is 17.6. The number of para-hydroxylation sites is 1. The number of aromatic nitrogens is 1. The van der Waals surface area contributed by atoms with Crippen molar-refractivity contribution >= 4 is 28.5 Å². The van der Waals surface area contributed by atoms with Crippen molar-refractivity contribution in [1.82, 2.24) is 5.16 Å². The molecule has 1 aromatic heterocycles. The molecule has 0 unspecified atom stereocenters. The Labute approximate surface area is 144 Å². The number of amides is 1. The minimum absolute atomic E-state index is 0.108. The van der Waals surface area contributed by atoms with Crippen molar-refractivity contribution in [3.8, 4) is 0 Å². The summed E-state index contributed by atoms with van der Waals surface area (Å²) < 4.78 is 10.3. The van der Waals surface area contributed by atoms with Gasteiger partial charge < -0.3 is 14.6 Å². The molecular weight excluding hydrogens is 320 g/mol. The van der Waals surface area contributed by atoms with Crippen molar-refractivity contribution in [2.75, 3.05) is 11.9 Å². The van der Waals surface area contributed by atoms with Crippen molar-refractivity contribution in [1.29, 1.82) is 0 Å². The Hall–Kier alpha value is -3.15. The van der Waals surface area contributed by atoms with E-state index in [1.165, 1.54) is 0 Å². The molecule has 128 valence electrons. The van der Waals surface area contributed by atoms with Crippen LogP contribution in [0.5, 0.6) is 0 Å². The number of benzene rings is 2. The summed E-state index contributed by atoms with van der Waals surface area (Å²) in [5, 5.41) is 7.55. The highest BCUT2D eigenvalue weighted by atomic mass is 16.5. The van der Waals surface area contributed by atoms with Gasteiger partial charge in [-0.05, 0) is 42.8 Å². The maximum Gasteiger partial charge on any atom is 0.338 e. The minimum atomic E-state index is -0.367. The van der Waals surface area contributed by atoms with Crippen LogP contribution in [0.15, 0.2) is 53.1 Å². The average Bonchev–Trinajstić information content (AvgIpc) is 3.03. The summed E-state index contributed by atoms with van der Waals surface area (Å²) in [4.78, 5) is 23.9. The Balaban J connectivity index is 1.62. The second-order valence-electron chi connectivity index (χ2n) is 5.56. The van der Waals surface area contributed by atoms with Crippen LogP contribution in [-0.4, -0.2) is 23.6 Å². The molecule has 0 saturated carbocycles. The zero-order valence-electron chi connectivity index (χ0n) is 13.8. The van der Waals surface area contributed by atoms with Crippen LogP contribution >= 0.6 is 0 Å². The van der Waals surface area contributed by atoms with Crippen molar-refractivity contribution in [2.24, 2.45) is 0 Å². The van der Waals surface area contributed by atoms with Crippen LogP contribution in [0.3, 0.4) is 0 Å². The topological polar surface area (TPSA) is 81.4 Å². The number of nitrogens with one attached hydrogen (secondary N) is 1. The van der Waals surface area contributed by atoms with E-state index in [1.54, 1.807) is 30.3 Å². The third-order valence-corrected chi connectivity index (χ3v) is 3.62. The standard InChI is InChI=1S/C19H18N2O4/c1-2-11-24-19(23)13-7-9-14(10-8-13)20-18(22)12-16-15-5-3-4-6-17(15)25-21-16/h3-10H,2,11-12H2,1H3,(H,20,22). The van der Waals surface area contributed by atoms with Gasteiger partial charge in [0.25, 0.3) is 0 Å². The van der Waals surface area contributed by atoms with Crippen LogP contribution in [0.25, 0.3) is 11.0 Å². The van der Waals surface area contributed by atoms with Gasteiger partial charge in [0.15, 0.2) is 5.58 Å². The molecule has 0 bridgehead atoms. The molecule has 3 rings (SSSR count). The Morgan fingerprint density at radius 2 is 1.88 bits per heavy atom. The number of rotatable bonds is 6. The van der Waals surface area contributed by atoms with Crippen LogP contribution in [0, 0.1) is 0 Å². The zero-order valence-corrected chi connectivity index (χ0v) is 13.8. The van der Waals surface area contributed by atoms with Crippen LogP contribution in [0.4, 0.5) is 5.69 Å². The van der Waals surface area contributed by atoms with Gasteiger partial charge in [0.05, 0.1) is 18.6 Å². The summed E-state index contributed by atoms with van der Waals surface area (Å²) in [5.74, 6) is -0.575. The van der Waals surface area contributed by atoms with Gasteiger partial charge in [-0.1, -0.05) is 24.2 Å². The fraction of sp³-hybridized carbons (Fsp3) is 0.211. The Bertz CT molecular complexity index is 884. The van der Waals surface area contributed by atoms with E-state index in [4.69, 9.17) is 9.26 Å². The number of ether oxygens (including phenoxy) is 1. The summed E-state index contributed by atoms with van der Waals surface area (Å²) in [6.45, 7) is 2.33. The SMILES string of the molecule is CCCOC(=O)c1ccc(NC(=O)Cc2noc3ccccc23)cc1. The lowest BCUT2D eigenvalue weighted by Gasteiger charge is -2.06. The minimum Gasteiger partial charge on any atom is -0.462 e. The molecule has 0 spiro atoms. The summed E-state index contributed by atoms with van der Waals surface area (Å²) in [6, 6.07) is 14.0. The number of carbonyl (C=O) groups excluding carboxylic acids is 2. The van der Waals surface area contributed by atoms with Crippen molar-refractivity contribution in [3.05, 3.63) is 59.8 Å². The highest BCUT2D eigenvalue weighted by Crippen LogP contribution is 2.19. The second-order valence-corrected chi connectivity index (χ2v) is 5.56. The third kappa shape index (κ3) is 4.03. The smallest absolute Gasteiger partial charge is 0.338 e. The van der Waals surface area contributed by atoms with Crippen molar-refractivity contribution < 1.29 is 18.8 Å². The molecule has 0 aliphatic carbocycles. The van der Waals surface area contributed by atoms with Crippen molar-refractivity contribution in [2.45, 2.75) is 19.8 Å². The van der Waals surface area contributed by atoms with Gasteiger partial charge in [-0.2, -0.15) is 0 Å². The third-order valence-electron chi connectivity index (χ3n) is 3.62. The molecule has 25 heavy (non-hydrogen) atoms. The number of nitrogens with zero attached hydrogens (tertiary/aromatic N) is 1. The molecule has 0 aliphatic heterocycles. The maximum absolute atomic E-state index is 12.2. The Kier molecular flexibility index (Phi) is 5.09. The van der Waals surface area contributed by atoms with E-state index in [9.17, 15) is 9.59 Å². The largest absolute Gasteiger partial charge is 0.462 e. The lowest BCUT2D eigenvalue weighted by molar-refractivity contribution is -0.115. The summed E-state index contributed by atoms with van der Waals surface area (Å²) in [5.41, 5.74) is 2.30. The average molecular weight is 338 g/mol. The fourth-order valence-electron chi connectivity index (χ4n) is 2.39. The molecule has 3 aromatic rings. The Morgan fingerprint density at radius 3 is 2.64 bits per heavy atom. The molecule has 0 fully saturated rings. The lowest BCUT2D eigenvalue weighted by Crippen LogP contribution is -2.15. The summed E-state index contributed by atoms with van der Waals surface area (Å²) in [7, 11) is 0. The maximum atomic E-state index is 12.2. The van der Waals surface area contributed by atoms with Crippen LogP contribution < -0.4 is 5.32 Å². The van der Waals surface area contributed by atoms with E-state index < -0.39 is 0 Å². The Morgan fingerprint density at radius 1 is 1.12 bits per heavy atom. The van der Waals surface area contributed by atoms with Crippen LogP contribution in [0.1, 0.15) is 29.4 Å². The second kappa shape index (κ2) is 7.61. The van der Waals surface area contributed by atoms with E-state index in [0.717, 1.165) is 11.8 Å². The molecule has 6 heteroatoms. The monoisotopic (exact) mass is 338 g/mol. The molecule has 0 aliphatic rings. The number of anilines is 1. The van der Waals surface area contributed by atoms with E-state index in [1.807, 2.05) is 25.1 Å². The fourth-order valence-corrected chi connectivity index (χ4v) is 2.39. The number of carbonyl (C=O) groups is 2. The van der Waals surface area contributed by atoms with Gasteiger partial charge in [-0.3, -0.25) is 4.79 Å². The van der Waals surface area contributed by atoms with Crippen LogP contribution in [0.2, 0.25) is 0 Å². The number of fused-ring (bicyclic) bond motifs is 1. The van der Waals surface area contributed by atoms with Gasteiger partial charge >= 0.3 is 5.97 Å². The van der Waals surface area contributed by atoms with Gasteiger partial charge in [0.1, 0.15) is 5.69 Å². The van der Waals surface area contributed by atoms with E-state index in [-0.39, 0.29) is 18.3 Å². The van der Waals surface area contributed by atoms with Gasteiger partial charge in [-0.15, -0.1) is 0 Å². The first-order valence-electron chi connectivity index (χ1n) is 8.07. The number of hydrogen-bond acceptors (Lipinski definition) is 5. The van der Waals surface area contributed by atoms with E-state index >= 15 is 0 Å². The molecule has 2 aromatic carbocycles. The molecule has 0 radical (unpaired) electrons. The molecule has 1 amide bonds. The molecule has 6 nitrogen and oxygen atoms in total. The highest BCUT2D eigenvalue weighted by Gasteiger charge is 2.13. The first kappa shape index (κ1) is 16.7. The molecule has 0 saturated heterocycles. The first-order valence-corrected chi connectivity index (χ1v) is 8.07. The van der Waals surface area contributed by atoms with Gasteiger partial charge in [-0.25, -0.2) is 4.79 Å². The highest BCUT2D eigenvalue weighted by molar-refractivity contribution is 5.95. The normalized spacial score (nSPS) is 10.6. The summed E-state index contributed by atoms with van der Waals surface area (Å²) >= 11 is 0. The van der Waals surface area contributed by atoms with Gasteiger partial charge in [0.2, 0.25) is 5.91 Å². The molecule has 1 N–H and O–H groups in total. The van der Waals surface area contributed by atoms with Crippen LogP contribution in [-0.2, 0) is 16.0 Å². The quantitative estimate of drug-likeness (QED) is 0.695.